The third-order valence-electron chi connectivity index (χ3n) is 3.31. The Morgan fingerprint density at radius 1 is 1.50 bits per heavy atom. The summed E-state index contributed by atoms with van der Waals surface area (Å²) in [6, 6.07) is 7.01. The number of nitriles is 1. The van der Waals surface area contributed by atoms with Crippen LogP contribution < -0.4 is 10.6 Å². The number of anilines is 2. The maximum absolute atomic E-state index is 10.9. The van der Waals surface area contributed by atoms with Gasteiger partial charge in [-0.25, -0.2) is 4.79 Å². The maximum atomic E-state index is 10.9. The summed E-state index contributed by atoms with van der Waals surface area (Å²) >= 11 is 0. The van der Waals surface area contributed by atoms with Crippen molar-refractivity contribution in [1.82, 2.24) is 0 Å². The van der Waals surface area contributed by atoms with Gasteiger partial charge in [0.25, 0.3) is 0 Å². The largest absolute Gasteiger partial charge is 0.478 e. The summed E-state index contributed by atoms with van der Waals surface area (Å²) in [6.45, 7) is 7.26. The van der Waals surface area contributed by atoms with Gasteiger partial charge in [0.15, 0.2) is 0 Å². The van der Waals surface area contributed by atoms with Crippen molar-refractivity contribution in [2.75, 3.05) is 23.7 Å². The fraction of sp³-hybridized carbons (Fsp3) is 0.467. The summed E-state index contributed by atoms with van der Waals surface area (Å²) in [5.41, 5.74) is 6.99. The van der Waals surface area contributed by atoms with Crippen LogP contribution in [0.2, 0.25) is 0 Å². The molecule has 1 aromatic carbocycles. The predicted molar refractivity (Wildman–Crippen MR) is 79.7 cm³/mol. The molecule has 0 saturated heterocycles. The lowest BCUT2D eigenvalue weighted by Crippen LogP contribution is -2.28. The molecule has 0 bridgehead atoms. The Hall–Kier alpha value is -2.22. The standard InChI is InChI=1S/C15H21N3O2/c1-4-18(8-7-15(2,3)10-16)13-6-5-11(14(19)20)9-12(13)17/h5-6,9H,4,7-8,17H2,1-3H3,(H,19,20). The first-order valence-electron chi connectivity index (χ1n) is 6.59. The van der Waals surface area contributed by atoms with Gasteiger partial charge in [-0.05, 0) is 45.4 Å². The molecule has 1 aromatic rings. The first-order chi connectivity index (χ1) is 9.30. The molecule has 0 aliphatic rings. The SMILES string of the molecule is CCN(CCC(C)(C)C#N)c1ccc(C(=O)O)cc1N. The van der Waals surface area contributed by atoms with Crippen LogP contribution in [-0.2, 0) is 0 Å². The quantitative estimate of drug-likeness (QED) is 0.779. The van der Waals surface area contributed by atoms with Crippen LogP contribution in [-0.4, -0.2) is 24.2 Å². The molecule has 3 N–H and O–H groups in total. The van der Waals surface area contributed by atoms with E-state index in [1.54, 1.807) is 12.1 Å². The third-order valence-corrected chi connectivity index (χ3v) is 3.31. The lowest BCUT2D eigenvalue weighted by molar-refractivity contribution is 0.0697. The van der Waals surface area contributed by atoms with E-state index in [1.807, 2.05) is 20.8 Å². The molecular weight excluding hydrogens is 254 g/mol. The number of benzene rings is 1. The van der Waals surface area contributed by atoms with Crippen molar-refractivity contribution < 1.29 is 9.90 Å². The molecule has 0 amide bonds. The van der Waals surface area contributed by atoms with Crippen molar-refractivity contribution in [3.63, 3.8) is 0 Å². The number of nitrogen functional groups attached to an aromatic ring is 1. The van der Waals surface area contributed by atoms with Crippen molar-refractivity contribution in [1.29, 1.82) is 5.26 Å². The Kier molecular flexibility index (Phi) is 4.98. The number of hydrogen-bond acceptors (Lipinski definition) is 4. The van der Waals surface area contributed by atoms with Gasteiger partial charge >= 0.3 is 5.97 Å². The zero-order valence-electron chi connectivity index (χ0n) is 12.2. The Morgan fingerprint density at radius 2 is 2.15 bits per heavy atom. The van der Waals surface area contributed by atoms with Crippen molar-refractivity contribution >= 4 is 17.3 Å². The molecule has 0 spiro atoms. The van der Waals surface area contributed by atoms with E-state index < -0.39 is 5.97 Å². The number of rotatable bonds is 6. The fourth-order valence-electron chi connectivity index (χ4n) is 1.89. The minimum atomic E-state index is -0.989. The highest BCUT2D eigenvalue weighted by atomic mass is 16.4. The predicted octanol–water partition coefficient (Wildman–Crippen LogP) is 2.73. The third kappa shape index (κ3) is 3.89. The van der Waals surface area contributed by atoms with E-state index in [0.717, 1.165) is 18.7 Å². The number of carbonyl (C=O) groups is 1. The highest BCUT2D eigenvalue weighted by molar-refractivity contribution is 5.90. The van der Waals surface area contributed by atoms with Crippen LogP contribution in [0.15, 0.2) is 18.2 Å². The molecule has 5 heteroatoms. The van der Waals surface area contributed by atoms with Gasteiger partial charge in [0, 0.05) is 13.1 Å². The second-order valence-electron chi connectivity index (χ2n) is 5.40. The van der Waals surface area contributed by atoms with Crippen LogP contribution in [0.5, 0.6) is 0 Å². The van der Waals surface area contributed by atoms with Crippen LogP contribution in [0.4, 0.5) is 11.4 Å². The first kappa shape index (κ1) is 15.8. The lowest BCUT2D eigenvalue weighted by atomic mass is 9.91. The van der Waals surface area contributed by atoms with Crippen molar-refractivity contribution in [2.24, 2.45) is 5.41 Å². The topological polar surface area (TPSA) is 90.3 Å². The molecule has 0 heterocycles. The summed E-state index contributed by atoms with van der Waals surface area (Å²) in [6.07, 6.45) is 0.720. The smallest absolute Gasteiger partial charge is 0.335 e. The van der Waals surface area contributed by atoms with Gasteiger partial charge in [-0.3, -0.25) is 0 Å². The molecule has 5 nitrogen and oxygen atoms in total. The molecule has 0 unspecified atom stereocenters. The molecule has 1 rings (SSSR count). The molecule has 0 saturated carbocycles. The lowest BCUT2D eigenvalue weighted by Gasteiger charge is -2.27. The van der Waals surface area contributed by atoms with Gasteiger partial charge in [0.1, 0.15) is 0 Å². The van der Waals surface area contributed by atoms with Crippen molar-refractivity contribution in [3.05, 3.63) is 23.8 Å². The zero-order chi connectivity index (χ0) is 15.3. The highest BCUT2D eigenvalue weighted by Crippen LogP contribution is 2.27. The Morgan fingerprint density at radius 3 is 2.60 bits per heavy atom. The highest BCUT2D eigenvalue weighted by Gasteiger charge is 2.19. The van der Waals surface area contributed by atoms with Gasteiger partial charge < -0.3 is 15.7 Å². The molecule has 20 heavy (non-hydrogen) atoms. The molecule has 0 aromatic heterocycles. The number of hydrogen-bond donors (Lipinski definition) is 2. The second kappa shape index (κ2) is 6.29. The van der Waals surface area contributed by atoms with Gasteiger partial charge in [-0.2, -0.15) is 5.26 Å². The van der Waals surface area contributed by atoms with Crippen LogP contribution >= 0.6 is 0 Å². The Bertz CT molecular complexity index is 532. The summed E-state index contributed by atoms with van der Waals surface area (Å²) in [5, 5.41) is 18.0. The van der Waals surface area contributed by atoms with E-state index in [1.165, 1.54) is 6.07 Å². The summed E-state index contributed by atoms with van der Waals surface area (Å²) in [5.74, 6) is -0.989. The second-order valence-corrected chi connectivity index (χ2v) is 5.40. The van der Waals surface area contributed by atoms with E-state index in [4.69, 9.17) is 16.1 Å². The molecular formula is C15H21N3O2. The van der Waals surface area contributed by atoms with E-state index in [-0.39, 0.29) is 11.0 Å². The molecule has 0 aliphatic heterocycles. The molecule has 0 aliphatic carbocycles. The summed E-state index contributed by atoms with van der Waals surface area (Å²) in [7, 11) is 0. The molecule has 0 atom stereocenters. The number of aromatic carboxylic acids is 1. The van der Waals surface area contributed by atoms with Gasteiger partial charge in [0.2, 0.25) is 0 Å². The van der Waals surface area contributed by atoms with Crippen LogP contribution in [0.3, 0.4) is 0 Å². The van der Waals surface area contributed by atoms with Gasteiger partial charge in [-0.15, -0.1) is 0 Å². The normalized spacial score (nSPS) is 10.9. The van der Waals surface area contributed by atoms with E-state index in [0.29, 0.717) is 12.2 Å². The van der Waals surface area contributed by atoms with Crippen molar-refractivity contribution in [3.8, 4) is 6.07 Å². The number of carboxylic acids is 1. The van der Waals surface area contributed by atoms with Crippen LogP contribution in [0, 0.1) is 16.7 Å². The van der Waals surface area contributed by atoms with E-state index in [9.17, 15) is 4.79 Å². The maximum Gasteiger partial charge on any atom is 0.335 e. The number of nitrogens with zero attached hydrogens (tertiary/aromatic N) is 2. The number of nitrogens with two attached hydrogens (primary N) is 1. The minimum Gasteiger partial charge on any atom is -0.478 e. The van der Waals surface area contributed by atoms with Gasteiger partial charge in [0.05, 0.1) is 28.4 Å². The molecule has 108 valence electrons. The summed E-state index contributed by atoms with van der Waals surface area (Å²) in [4.78, 5) is 13.0. The molecule has 0 radical (unpaired) electrons. The van der Waals surface area contributed by atoms with E-state index >= 15 is 0 Å². The Labute approximate surface area is 119 Å². The first-order valence-corrected chi connectivity index (χ1v) is 6.59. The van der Waals surface area contributed by atoms with Gasteiger partial charge in [-0.1, -0.05) is 0 Å². The fourth-order valence-corrected chi connectivity index (χ4v) is 1.89. The molecule has 0 fully saturated rings. The monoisotopic (exact) mass is 275 g/mol. The minimum absolute atomic E-state index is 0.180. The van der Waals surface area contributed by atoms with Crippen molar-refractivity contribution in [2.45, 2.75) is 27.2 Å². The Balaban J connectivity index is 2.91. The van der Waals surface area contributed by atoms with Crippen LogP contribution in [0.1, 0.15) is 37.6 Å². The average Bonchev–Trinajstić information content (AvgIpc) is 2.40. The summed E-state index contributed by atoms with van der Waals surface area (Å²) < 4.78 is 0. The van der Waals surface area contributed by atoms with E-state index in [2.05, 4.69) is 11.0 Å². The van der Waals surface area contributed by atoms with Crippen LogP contribution in [0.25, 0.3) is 0 Å². The average molecular weight is 275 g/mol. The zero-order valence-corrected chi connectivity index (χ0v) is 12.2. The number of carboxylic acid groups (broad SMARTS) is 1.